The lowest BCUT2D eigenvalue weighted by Crippen LogP contribution is -2.41. The molecule has 2 aliphatic heterocycles. The van der Waals surface area contributed by atoms with Crippen LogP contribution >= 0.6 is 0 Å². The first-order valence-electron chi connectivity index (χ1n) is 9.45. The van der Waals surface area contributed by atoms with E-state index in [0.29, 0.717) is 32.4 Å². The van der Waals surface area contributed by atoms with E-state index >= 15 is 0 Å². The molecule has 2 aliphatic rings. The lowest BCUT2D eigenvalue weighted by molar-refractivity contribution is 0.120. The third kappa shape index (κ3) is 4.12. The van der Waals surface area contributed by atoms with Gasteiger partial charge in [0.25, 0.3) is 0 Å². The fourth-order valence-corrected chi connectivity index (χ4v) is 3.32. The molecular weight excluding hydrogens is 344 g/mol. The molecular formula is C19H26N6O2. The summed E-state index contributed by atoms with van der Waals surface area (Å²) in [5.74, 6) is 2.21. The standard InChI is InChI=1S/C19H26N6O2/c1-14-3-4-15(2)16(13-14)20-19-21-17(24-5-9-26-10-6-24)18(22-23-19)25-7-11-27-12-8-25/h3-4,13H,5-12H2,1-2H3,(H,20,21,23). The smallest absolute Gasteiger partial charge is 0.249 e. The summed E-state index contributed by atoms with van der Waals surface area (Å²) in [6, 6.07) is 6.29. The minimum absolute atomic E-state index is 0.516. The molecule has 0 saturated carbocycles. The first-order chi connectivity index (χ1) is 13.2. The Labute approximate surface area is 159 Å². The molecule has 27 heavy (non-hydrogen) atoms. The van der Waals surface area contributed by atoms with Gasteiger partial charge in [-0.2, -0.15) is 4.98 Å². The van der Waals surface area contributed by atoms with E-state index in [4.69, 9.17) is 14.5 Å². The lowest BCUT2D eigenvalue weighted by atomic mass is 10.1. The number of aryl methyl sites for hydroxylation is 2. The zero-order chi connectivity index (χ0) is 18.6. The van der Waals surface area contributed by atoms with Crippen molar-refractivity contribution in [2.24, 2.45) is 0 Å². The van der Waals surface area contributed by atoms with Gasteiger partial charge in [0.05, 0.1) is 26.4 Å². The van der Waals surface area contributed by atoms with Crippen LogP contribution in [0.5, 0.6) is 0 Å². The molecule has 0 aliphatic carbocycles. The maximum Gasteiger partial charge on any atom is 0.249 e. The molecule has 8 nitrogen and oxygen atoms in total. The highest BCUT2D eigenvalue weighted by molar-refractivity contribution is 5.66. The molecule has 1 aromatic carbocycles. The highest BCUT2D eigenvalue weighted by Gasteiger charge is 2.24. The van der Waals surface area contributed by atoms with Crippen LogP contribution in [0.25, 0.3) is 0 Å². The van der Waals surface area contributed by atoms with Crippen molar-refractivity contribution in [1.29, 1.82) is 0 Å². The third-order valence-electron chi connectivity index (χ3n) is 4.91. The van der Waals surface area contributed by atoms with E-state index in [1.807, 2.05) is 0 Å². The fraction of sp³-hybridized carbons (Fsp3) is 0.526. The summed E-state index contributed by atoms with van der Waals surface area (Å²) < 4.78 is 11.0. The molecule has 0 radical (unpaired) electrons. The number of nitrogens with one attached hydrogen (secondary N) is 1. The van der Waals surface area contributed by atoms with Crippen molar-refractivity contribution in [2.75, 3.05) is 67.7 Å². The van der Waals surface area contributed by atoms with Crippen LogP contribution in [0.15, 0.2) is 18.2 Å². The molecule has 3 heterocycles. The molecule has 0 bridgehead atoms. The van der Waals surface area contributed by atoms with Crippen molar-refractivity contribution in [3.8, 4) is 0 Å². The molecule has 0 unspecified atom stereocenters. The SMILES string of the molecule is Cc1ccc(C)c(Nc2nnc(N3CCOCC3)c(N3CCOCC3)n2)c1. The molecule has 2 saturated heterocycles. The van der Waals surface area contributed by atoms with Gasteiger partial charge >= 0.3 is 0 Å². The summed E-state index contributed by atoms with van der Waals surface area (Å²) >= 11 is 0. The quantitative estimate of drug-likeness (QED) is 0.875. The van der Waals surface area contributed by atoms with E-state index in [2.05, 4.69) is 57.4 Å². The number of anilines is 4. The number of aromatic nitrogens is 3. The highest BCUT2D eigenvalue weighted by atomic mass is 16.5. The average Bonchev–Trinajstić information content (AvgIpc) is 2.72. The highest BCUT2D eigenvalue weighted by Crippen LogP contribution is 2.28. The number of hydrogen-bond acceptors (Lipinski definition) is 8. The Balaban J connectivity index is 1.65. The largest absolute Gasteiger partial charge is 0.378 e. The van der Waals surface area contributed by atoms with Gasteiger partial charge in [0.1, 0.15) is 0 Å². The van der Waals surface area contributed by atoms with E-state index < -0.39 is 0 Å². The second-order valence-electron chi connectivity index (χ2n) is 6.92. The van der Waals surface area contributed by atoms with Crippen LogP contribution in [-0.4, -0.2) is 67.8 Å². The first-order valence-corrected chi connectivity index (χ1v) is 9.45. The summed E-state index contributed by atoms with van der Waals surface area (Å²) in [6.45, 7) is 10.2. The predicted octanol–water partition coefficient (Wildman–Crippen LogP) is 1.91. The summed E-state index contributed by atoms with van der Waals surface area (Å²) in [6.07, 6.45) is 0. The van der Waals surface area contributed by atoms with E-state index in [1.165, 1.54) is 5.56 Å². The van der Waals surface area contributed by atoms with Gasteiger partial charge in [-0.1, -0.05) is 12.1 Å². The second-order valence-corrected chi connectivity index (χ2v) is 6.92. The van der Waals surface area contributed by atoms with Crippen molar-refractivity contribution in [3.63, 3.8) is 0 Å². The van der Waals surface area contributed by atoms with Gasteiger partial charge in [-0.15, -0.1) is 10.2 Å². The Morgan fingerprint density at radius 1 is 0.852 bits per heavy atom. The predicted molar refractivity (Wildman–Crippen MR) is 105 cm³/mol. The van der Waals surface area contributed by atoms with Crippen LogP contribution in [0.4, 0.5) is 23.3 Å². The fourth-order valence-electron chi connectivity index (χ4n) is 3.32. The summed E-state index contributed by atoms with van der Waals surface area (Å²) in [4.78, 5) is 9.28. The van der Waals surface area contributed by atoms with Crippen LogP contribution in [-0.2, 0) is 9.47 Å². The summed E-state index contributed by atoms with van der Waals surface area (Å²) in [5.41, 5.74) is 3.34. The van der Waals surface area contributed by atoms with E-state index in [0.717, 1.165) is 49.1 Å². The van der Waals surface area contributed by atoms with Gasteiger partial charge < -0.3 is 24.6 Å². The molecule has 0 spiro atoms. The van der Waals surface area contributed by atoms with Crippen LogP contribution in [0.1, 0.15) is 11.1 Å². The minimum Gasteiger partial charge on any atom is -0.378 e. The summed E-state index contributed by atoms with van der Waals surface area (Å²) in [5, 5.41) is 12.2. The lowest BCUT2D eigenvalue weighted by Gasteiger charge is -2.33. The Hall–Kier alpha value is -2.45. The zero-order valence-electron chi connectivity index (χ0n) is 15.9. The van der Waals surface area contributed by atoms with Gasteiger partial charge in [-0.3, -0.25) is 0 Å². The first kappa shape index (κ1) is 17.9. The van der Waals surface area contributed by atoms with Crippen LogP contribution in [0.2, 0.25) is 0 Å². The Morgan fingerprint density at radius 3 is 2.15 bits per heavy atom. The maximum atomic E-state index is 5.51. The molecule has 2 aromatic rings. The van der Waals surface area contributed by atoms with Gasteiger partial charge in [0.2, 0.25) is 5.95 Å². The van der Waals surface area contributed by atoms with Crippen LogP contribution in [0.3, 0.4) is 0 Å². The van der Waals surface area contributed by atoms with Crippen molar-refractivity contribution in [1.82, 2.24) is 15.2 Å². The van der Waals surface area contributed by atoms with Crippen LogP contribution in [0, 0.1) is 13.8 Å². The van der Waals surface area contributed by atoms with Crippen molar-refractivity contribution < 1.29 is 9.47 Å². The Kier molecular flexibility index (Phi) is 5.35. The van der Waals surface area contributed by atoms with Gasteiger partial charge in [0, 0.05) is 31.9 Å². The van der Waals surface area contributed by atoms with E-state index in [9.17, 15) is 0 Å². The zero-order valence-corrected chi connectivity index (χ0v) is 15.9. The third-order valence-corrected chi connectivity index (χ3v) is 4.91. The molecule has 2 fully saturated rings. The molecule has 8 heteroatoms. The van der Waals surface area contributed by atoms with E-state index in [1.54, 1.807) is 0 Å². The van der Waals surface area contributed by atoms with Crippen molar-refractivity contribution in [2.45, 2.75) is 13.8 Å². The number of nitrogens with zero attached hydrogens (tertiary/aromatic N) is 5. The monoisotopic (exact) mass is 370 g/mol. The molecule has 144 valence electrons. The molecule has 1 N–H and O–H groups in total. The van der Waals surface area contributed by atoms with Crippen molar-refractivity contribution >= 4 is 23.3 Å². The minimum atomic E-state index is 0.516. The normalized spacial score (nSPS) is 17.9. The van der Waals surface area contributed by atoms with Gasteiger partial charge in [-0.25, -0.2) is 0 Å². The number of morpholine rings is 2. The van der Waals surface area contributed by atoms with Crippen LogP contribution < -0.4 is 15.1 Å². The van der Waals surface area contributed by atoms with E-state index in [-0.39, 0.29) is 0 Å². The molecule has 4 rings (SSSR count). The summed E-state index contributed by atoms with van der Waals surface area (Å²) in [7, 11) is 0. The molecule has 0 atom stereocenters. The Morgan fingerprint density at radius 2 is 1.48 bits per heavy atom. The number of ether oxygens (including phenoxy) is 2. The Bertz CT molecular complexity index is 788. The number of rotatable bonds is 4. The van der Waals surface area contributed by atoms with Gasteiger partial charge in [0.15, 0.2) is 11.6 Å². The number of hydrogen-bond donors (Lipinski definition) is 1. The average molecular weight is 370 g/mol. The van der Waals surface area contributed by atoms with Gasteiger partial charge in [-0.05, 0) is 31.0 Å². The topological polar surface area (TPSA) is 75.6 Å². The second kappa shape index (κ2) is 8.06. The maximum absolute atomic E-state index is 5.51. The molecule has 1 aromatic heterocycles. The number of benzene rings is 1. The van der Waals surface area contributed by atoms with Crippen molar-refractivity contribution in [3.05, 3.63) is 29.3 Å². The molecule has 0 amide bonds.